The Labute approximate surface area is 202 Å². The molecule has 2 unspecified atom stereocenters. The second-order valence-corrected chi connectivity index (χ2v) is 8.44. The van der Waals surface area contributed by atoms with Crippen LogP contribution in [0.5, 0.6) is 0 Å². The summed E-state index contributed by atoms with van der Waals surface area (Å²) in [6.45, 7) is 0.0189. The Morgan fingerprint density at radius 1 is 1.09 bits per heavy atom. The summed E-state index contributed by atoms with van der Waals surface area (Å²) in [5.74, 6) is -2.32. The molecular weight excluding hydrogens is 452 g/mol. The zero-order chi connectivity index (χ0) is 24.9. The molecule has 5 nitrogen and oxygen atoms in total. The average molecular weight is 478 g/mol. The fraction of sp³-hybridized carbons (Fsp3) is 0.214. The van der Waals surface area contributed by atoms with Gasteiger partial charge < -0.3 is 15.2 Å². The number of allylic oxidation sites excluding steroid dienone is 1. The van der Waals surface area contributed by atoms with Gasteiger partial charge in [-0.2, -0.15) is 0 Å². The first kappa shape index (κ1) is 24.3. The summed E-state index contributed by atoms with van der Waals surface area (Å²) in [5, 5.41) is 11.9. The number of benzene rings is 3. The van der Waals surface area contributed by atoms with Crippen molar-refractivity contribution in [3.63, 3.8) is 0 Å². The van der Waals surface area contributed by atoms with Gasteiger partial charge in [0.05, 0.1) is 13.7 Å². The van der Waals surface area contributed by atoms with Gasteiger partial charge in [-0.15, -0.1) is 0 Å². The molecule has 1 aliphatic rings. The summed E-state index contributed by atoms with van der Waals surface area (Å²) < 4.78 is 33.6. The lowest BCUT2D eigenvalue weighted by atomic mass is 9.98. The van der Waals surface area contributed by atoms with E-state index in [1.54, 1.807) is 6.07 Å². The number of ether oxygens (including phenoxy) is 1. The van der Waals surface area contributed by atoms with Gasteiger partial charge in [-0.25, -0.2) is 13.6 Å². The number of halogens is 2. The molecule has 3 aromatic rings. The number of nitrogens with one attached hydrogen (secondary N) is 1. The number of hydrogen-bond acceptors (Lipinski definition) is 4. The van der Waals surface area contributed by atoms with E-state index in [1.165, 1.54) is 24.3 Å². The maximum absolute atomic E-state index is 14.8. The van der Waals surface area contributed by atoms with Crippen molar-refractivity contribution in [2.45, 2.75) is 19.6 Å². The monoisotopic (exact) mass is 477 g/mol. The number of carbonyl (C=O) groups excluding carboxylic acids is 2. The molecule has 1 fully saturated rings. The van der Waals surface area contributed by atoms with Crippen LogP contribution in [-0.2, 0) is 22.7 Å². The van der Waals surface area contributed by atoms with E-state index in [0.717, 1.165) is 30.7 Å². The van der Waals surface area contributed by atoms with Gasteiger partial charge in [-0.3, -0.25) is 4.79 Å². The fourth-order valence-corrected chi connectivity index (χ4v) is 3.94. The van der Waals surface area contributed by atoms with Crippen LogP contribution < -0.4 is 5.32 Å². The minimum Gasteiger partial charge on any atom is -0.465 e. The minimum absolute atomic E-state index is 0.00246. The highest BCUT2D eigenvalue weighted by molar-refractivity contribution is 5.97. The Balaban J connectivity index is 1.36. The highest BCUT2D eigenvalue weighted by Gasteiger charge is 2.40. The third-order valence-corrected chi connectivity index (χ3v) is 6.09. The van der Waals surface area contributed by atoms with Crippen molar-refractivity contribution in [1.82, 2.24) is 5.32 Å². The van der Waals surface area contributed by atoms with Crippen LogP contribution in [0, 0.1) is 23.5 Å². The van der Waals surface area contributed by atoms with Gasteiger partial charge >= 0.3 is 5.97 Å². The SMILES string of the molecule is COC(=O)c1c(F)cccc1-c1ccc(CNC(=O)C2CC2/C=C/c2ccc(CO)cc2)c(F)c1. The summed E-state index contributed by atoms with van der Waals surface area (Å²) in [6.07, 6.45) is 4.67. The van der Waals surface area contributed by atoms with Crippen LogP contribution in [-0.4, -0.2) is 24.1 Å². The van der Waals surface area contributed by atoms with Crippen LogP contribution in [0.15, 0.2) is 66.7 Å². The summed E-state index contributed by atoms with van der Waals surface area (Å²) in [7, 11) is 1.15. The number of esters is 1. The Hall–Kier alpha value is -3.84. The standard InChI is InChI=1S/C28H25F2NO4/c1-35-28(34)26-22(3-2-4-24(26)29)20-11-12-21(25(30)14-20)15-31-27(33)23-13-19(23)10-9-17-5-7-18(16-32)8-6-17/h2-12,14,19,23,32H,13,15-16H2,1H3,(H,31,33)/b10-9+. The van der Waals surface area contributed by atoms with Crippen molar-refractivity contribution >= 4 is 18.0 Å². The van der Waals surface area contributed by atoms with Crippen LogP contribution >= 0.6 is 0 Å². The molecule has 1 saturated carbocycles. The predicted octanol–water partition coefficient (Wildman–Crippen LogP) is 4.88. The van der Waals surface area contributed by atoms with Crippen molar-refractivity contribution < 1.29 is 28.2 Å². The summed E-state index contributed by atoms with van der Waals surface area (Å²) in [4.78, 5) is 24.5. The van der Waals surface area contributed by atoms with Gasteiger partial charge in [0.1, 0.15) is 17.2 Å². The second kappa shape index (κ2) is 10.6. The largest absolute Gasteiger partial charge is 0.465 e. The molecule has 7 heteroatoms. The highest BCUT2D eigenvalue weighted by Crippen LogP contribution is 2.40. The Kier molecular flexibility index (Phi) is 7.36. The molecule has 0 saturated heterocycles. The van der Waals surface area contributed by atoms with E-state index in [1.807, 2.05) is 36.4 Å². The summed E-state index contributed by atoms with van der Waals surface area (Å²) in [5.41, 5.74) is 2.42. The second-order valence-electron chi connectivity index (χ2n) is 8.44. The van der Waals surface area contributed by atoms with E-state index in [4.69, 9.17) is 5.11 Å². The molecule has 2 N–H and O–H groups in total. The molecule has 0 heterocycles. The van der Waals surface area contributed by atoms with Crippen LogP contribution in [0.4, 0.5) is 8.78 Å². The lowest BCUT2D eigenvalue weighted by Crippen LogP contribution is -2.25. The number of rotatable bonds is 8. The topological polar surface area (TPSA) is 75.6 Å². The van der Waals surface area contributed by atoms with Crippen LogP contribution in [0.1, 0.15) is 33.5 Å². The number of methoxy groups -OCH3 is 1. The summed E-state index contributed by atoms with van der Waals surface area (Å²) >= 11 is 0. The molecule has 0 radical (unpaired) electrons. The van der Waals surface area contributed by atoms with Crippen LogP contribution in [0.3, 0.4) is 0 Å². The first-order valence-electron chi connectivity index (χ1n) is 11.2. The molecule has 2 atom stereocenters. The van der Waals surface area contributed by atoms with E-state index >= 15 is 0 Å². The molecule has 180 valence electrons. The first-order valence-corrected chi connectivity index (χ1v) is 11.2. The minimum atomic E-state index is -0.843. The van der Waals surface area contributed by atoms with Crippen molar-refractivity contribution in [2.24, 2.45) is 11.8 Å². The molecule has 0 aliphatic heterocycles. The molecule has 35 heavy (non-hydrogen) atoms. The van der Waals surface area contributed by atoms with E-state index < -0.39 is 17.6 Å². The van der Waals surface area contributed by atoms with Gasteiger partial charge in [0.25, 0.3) is 0 Å². The number of carbonyl (C=O) groups is 2. The van der Waals surface area contributed by atoms with Crippen molar-refractivity contribution in [2.75, 3.05) is 7.11 Å². The van der Waals surface area contributed by atoms with Crippen LogP contribution in [0.2, 0.25) is 0 Å². The zero-order valence-corrected chi connectivity index (χ0v) is 19.1. The Morgan fingerprint density at radius 2 is 1.86 bits per heavy atom. The molecule has 1 amide bonds. The summed E-state index contributed by atoms with van der Waals surface area (Å²) in [6, 6.07) is 15.9. The highest BCUT2D eigenvalue weighted by atomic mass is 19.1. The lowest BCUT2D eigenvalue weighted by molar-refractivity contribution is -0.122. The van der Waals surface area contributed by atoms with Gasteiger partial charge in [-0.1, -0.05) is 60.7 Å². The quantitative estimate of drug-likeness (QED) is 0.454. The van der Waals surface area contributed by atoms with Crippen molar-refractivity contribution in [3.05, 3.63) is 101 Å². The molecular formula is C28H25F2NO4. The number of aliphatic hydroxyl groups excluding tert-OH is 1. The normalized spacial score (nSPS) is 16.8. The van der Waals surface area contributed by atoms with E-state index in [-0.39, 0.29) is 47.6 Å². The molecule has 3 aromatic carbocycles. The molecule has 0 bridgehead atoms. The zero-order valence-electron chi connectivity index (χ0n) is 19.1. The predicted molar refractivity (Wildman–Crippen MR) is 128 cm³/mol. The van der Waals surface area contributed by atoms with E-state index in [2.05, 4.69) is 10.1 Å². The molecule has 4 rings (SSSR count). The molecule has 0 spiro atoms. The third-order valence-electron chi connectivity index (χ3n) is 6.09. The average Bonchev–Trinajstić information content (AvgIpc) is 3.66. The lowest BCUT2D eigenvalue weighted by Gasteiger charge is -2.11. The fourth-order valence-electron chi connectivity index (χ4n) is 3.94. The van der Waals surface area contributed by atoms with Crippen molar-refractivity contribution in [1.29, 1.82) is 0 Å². The first-order chi connectivity index (χ1) is 16.9. The van der Waals surface area contributed by atoms with E-state index in [0.29, 0.717) is 5.56 Å². The smallest absolute Gasteiger partial charge is 0.341 e. The van der Waals surface area contributed by atoms with Gasteiger partial charge in [0, 0.05) is 18.0 Å². The van der Waals surface area contributed by atoms with Crippen molar-refractivity contribution in [3.8, 4) is 11.1 Å². The number of hydrogen-bond donors (Lipinski definition) is 2. The number of aliphatic hydroxyl groups is 1. The van der Waals surface area contributed by atoms with Gasteiger partial charge in [0.15, 0.2) is 0 Å². The van der Waals surface area contributed by atoms with Gasteiger partial charge in [-0.05, 0) is 46.7 Å². The Morgan fingerprint density at radius 3 is 2.54 bits per heavy atom. The Bertz CT molecular complexity index is 1270. The van der Waals surface area contributed by atoms with Gasteiger partial charge in [0.2, 0.25) is 5.91 Å². The molecule has 1 aliphatic carbocycles. The maximum Gasteiger partial charge on any atom is 0.341 e. The maximum atomic E-state index is 14.8. The number of amides is 1. The molecule has 0 aromatic heterocycles. The third kappa shape index (κ3) is 5.63. The van der Waals surface area contributed by atoms with Crippen LogP contribution in [0.25, 0.3) is 17.2 Å². The van der Waals surface area contributed by atoms with E-state index in [9.17, 15) is 18.4 Å².